The van der Waals surface area contributed by atoms with E-state index >= 15 is 0 Å². The molecule has 0 amide bonds. The van der Waals surface area contributed by atoms with Crippen molar-refractivity contribution in [3.63, 3.8) is 0 Å². The summed E-state index contributed by atoms with van der Waals surface area (Å²) >= 11 is 3.58. The Balaban J connectivity index is 1.05. The fraction of sp³-hybridized carbons (Fsp3) is 0.0196. The molecule has 1 aliphatic carbocycles. The largest absolute Gasteiger partial charge is 0.309 e. The Morgan fingerprint density at radius 1 is 0.517 bits per heavy atom. The molecule has 0 fully saturated rings. The van der Waals surface area contributed by atoms with Gasteiger partial charge in [-0.05, 0) is 71.0 Å². The van der Waals surface area contributed by atoms with Gasteiger partial charge in [-0.2, -0.15) is 0 Å². The molecule has 0 saturated heterocycles. The third-order valence-corrected chi connectivity index (χ3v) is 13.6. The average Bonchev–Trinajstić information content (AvgIpc) is 3.91. The van der Waals surface area contributed by atoms with Crippen LogP contribution in [0.4, 0.5) is 0 Å². The quantitative estimate of drug-likeness (QED) is 0.175. The van der Waals surface area contributed by atoms with Crippen LogP contribution in [0.2, 0.25) is 0 Å². The lowest BCUT2D eigenvalue weighted by Gasteiger charge is -2.10. The normalized spacial score (nSPS) is 12.8. The first-order valence-corrected chi connectivity index (χ1v) is 21.0. The van der Waals surface area contributed by atoms with Crippen LogP contribution in [0.1, 0.15) is 16.0 Å². The van der Waals surface area contributed by atoms with Crippen LogP contribution in [0.3, 0.4) is 0 Å². The molecule has 5 heterocycles. The van der Waals surface area contributed by atoms with E-state index in [9.17, 15) is 0 Å². The van der Waals surface area contributed by atoms with E-state index in [4.69, 9.17) is 15.0 Å². The number of para-hydroxylation sites is 2. The predicted molar refractivity (Wildman–Crippen MR) is 243 cm³/mol. The van der Waals surface area contributed by atoms with Gasteiger partial charge in [0.05, 0.1) is 15.7 Å². The van der Waals surface area contributed by atoms with E-state index in [2.05, 4.69) is 155 Å². The van der Waals surface area contributed by atoms with E-state index in [0.29, 0.717) is 17.5 Å². The summed E-state index contributed by atoms with van der Waals surface area (Å²) in [6.07, 6.45) is 11.5. The monoisotopic (exact) mass is 777 g/mol. The van der Waals surface area contributed by atoms with Crippen LogP contribution in [-0.2, 0) is 6.42 Å². The van der Waals surface area contributed by atoms with Gasteiger partial charge < -0.3 is 4.57 Å². The maximum Gasteiger partial charge on any atom is 0.166 e. The predicted octanol–water partition coefficient (Wildman–Crippen LogP) is 13.5. The second kappa shape index (κ2) is 13.3. The van der Waals surface area contributed by atoms with Gasteiger partial charge in [0.1, 0.15) is 0 Å². The second-order valence-corrected chi connectivity index (χ2v) is 16.7. The van der Waals surface area contributed by atoms with Gasteiger partial charge in [-0.3, -0.25) is 4.98 Å². The van der Waals surface area contributed by atoms with Crippen LogP contribution in [0.15, 0.2) is 176 Å². The smallest absolute Gasteiger partial charge is 0.166 e. The summed E-state index contributed by atoms with van der Waals surface area (Å²) in [6.45, 7) is 0. The summed E-state index contributed by atoms with van der Waals surface area (Å²) in [5.74, 6) is 1.91. The van der Waals surface area contributed by atoms with Gasteiger partial charge in [-0.1, -0.05) is 121 Å². The molecule has 11 aromatic rings. The number of aromatic nitrogens is 5. The minimum atomic E-state index is 0.618. The van der Waals surface area contributed by atoms with Gasteiger partial charge in [0.25, 0.3) is 0 Å². The topological polar surface area (TPSA) is 56.5 Å². The van der Waals surface area contributed by atoms with Crippen LogP contribution in [0.25, 0.3) is 97.5 Å². The number of nitrogens with zero attached hydrogens (tertiary/aromatic N) is 5. The highest BCUT2D eigenvalue weighted by molar-refractivity contribution is 7.26. The van der Waals surface area contributed by atoms with Crippen LogP contribution in [-0.4, -0.2) is 24.5 Å². The highest BCUT2D eigenvalue weighted by Crippen LogP contribution is 2.45. The Labute approximate surface area is 341 Å². The molecule has 5 nitrogen and oxygen atoms in total. The van der Waals surface area contributed by atoms with E-state index in [1.807, 2.05) is 41.9 Å². The van der Waals surface area contributed by atoms with Crippen molar-refractivity contribution in [1.29, 1.82) is 0 Å². The average molecular weight is 778 g/mol. The zero-order valence-corrected chi connectivity index (χ0v) is 32.6. The Kier molecular flexibility index (Phi) is 7.58. The summed E-state index contributed by atoms with van der Waals surface area (Å²) < 4.78 is 5.87. The maximum absolute atomic E-state index is 5.30. The van der Waals surface area contributed by atoms with Gasteiger partial charge in [0.15, 0.2) is 17.5 Å². The first kappa shape index (κ1) is 33.1. The molecule has 7 heteroatoms. The van der Waals surface area contributed by atoms with Crippen LogP contribution < -0.4 is 0 Å². The fourth-order valence-electron chi connectivity index (χ4n) is 8.60. The van der Waals surface area contributed by atoms with Crippen molar-refractivity contribution in [3.8, 4) is 39.9 Å². The van der Waals surface area contributed by atoms with Gasteiger partial charge in [0, 0.05) is 70.6 Å². The van der Waals surface area contributed by atoms with Crippen molar-refractivity contribution >= 4 is 80.3 Å². The molecule has 0 aliphatic heterocycles. The highest BCUT2D eigenvalue weighted by Gasteiger charge is 2.24. The van der Waals surface area contributed by atoms with Crippen LogP contribution in [0, 0.1) is 0 Å². The molecule has 0 radical (unpaired) electrons. The van der Waals surface area contributed by atoms with E-state index in [-0.39, 0.29) is 0 Å². The molecule has 0 atom stereocenters. The van der Waals surface area contributed by atoms with Crippen LogP contribution >= 0.6 is 22.7 Å². The third-order valence-electron chi connectivity index (χ3n) is 11.2. The number of pyridine rings is 1. The van der Waals surface area contributed by atoms with E-state index in [0.717, 1.165) is 38.9 Å². The number of hydrogen-bond donors (Lipinski definition) is 0. The van der Waals surface area contributed by atoms with Crippen molar-refractivity contribution < 1.29 is 0 Å². The van der Waals surface area contributed by atoms with Gasteiger partial charge in [0.2, 0.25) is 0 Å². The number of hydrogen-bond acceptors (Lipinski definition) is 6. The zero-order valence-electron chi connectivity index (χ0n) is 31.0. The molecule has 272 valence electrons. The summed E-state index contributed by atoms with van der Waals surface area (Å²) in [5, 5.41) is 6.02. The summed E-state index contributed by atoms with van der Waals surface area (Å²) in [4.78, 5) is 21.6. The van der Waals surface area contributed by atoms with Gasteiger partial charge >= 0.3 is 0 Å². The number of fused-ring (bicyclic) bond motifs is 9. The van der Waals surface area contributed by atoms with Gasteiger partial charge in [-0.15, -0.1) is 22.7 Å². The minimum absolute atomic E-state index is 0.618. The lowest BCUT2D eigenvalue weighted by molar-refractivity contribution is 1.08. The SMILES string of the molecule is C1=CCc2c(sc3c(-c4nc(-c5ccccc5)nc(-c5cncc6sc7ccccc7c56)n4)cccc23)C(c2ccc3c(c2)c2ccccc2n3-c2ccccc2)=C1. The standard InChI is InChI=1S/C51H31N5S2/c1-3-14-31(15-4-1)49-53-50(55-51(54-49)41-29-52-30-45-46(41)38-21-10-12-25-44(38)57-45)39-23-13-22-37-36-20-8-7-18-34(47(36)58-48(37)39)32-26-27-43-40(28-32)35-19-9-11-24-42(35)56(43)33-16-5-2-6-17-33/h1-19,21-30H,20H2. The van der Waals surface area contributed by atoms with Crippen LogP contribution in [0.5, 0.6) is 0 Å². The molecule has 0 spiro atoms. The Bertz CT molecular complexity index is 3480. The van der Waals surface area contributed by atoms with Crippen molar-refractivity contribution in [2.24, 2.45) is 0 Å². The third kappa shape index (κ3) is 5.21. The number of thiophene rings is 2. The molecule has 5 aromatic heterocycles. The first-order valence-electron chi connectivity index (χ1n) is 19.3. The molecule has 58 heavy (non-hydrogen) atoms. The highest BCUT2D eigenvalue weighted by atomic mass is 32.1. The molecule has 1 aliphatic rings. The fourth-order valence-corrected chi connectivity index (χ4v) is 11.1. The molecule has 12 rings (SSSR count). The van der Waals surface area contributed by atoms with E-state index in [1.165, 1.54) is 63.6 Å². The second-order valence-electron chi connectivity index (χ2n) is 14.6. The van der Waals surface area contributed by atoms with Crippen molar-refractivity contribution in [1.82, 2.24) is 24.5 Å². The Hall–Kier alpha value is -7.06. The van der Waals surface area contributed by atoms with Crippen molar-refractivity contribution in [2.45, 2.75) is 6.42 Å². The van der Waals surface area contributed by atoms with E-state index < -0.39 is 0 Å². The van der Waals surface area contributed by atoms with Crippen molar-refractivity contribution in [2.75, 3.05) is 0 Å². The molecule has 0 saturated carbocycles. The first-order chi connectivity index (χ1) is 28.8. The molecular weight excluding hydrogens is 747 g/mol. The molecule has 0 N–H and O–H groups in total. The zero-order chi connectivity index (χ0) is 38.2. The molecular formula is C51H31N5S2. The molecule has 0 bridgehead atoms. The Morgan fingerprint density at radius 2 is 1.24 bits per heavy atom. The number of rotatable bonds is 5. The summed E-state index contributed by atoms with van der Waals surface area (Å²) in [5.41, 5.74) is 10.1. The van der Waals surface area contributed by atoms with E-state index in [1.54, 1.807) is 11.3 Å². The molecule has 0 unspecified atom stereocenters. The Morgan fingerprint density at radius 3 is 2.12 bits per heavy atom. The minimum Gasteiger partial charge on any atom is -0.309 e. The van der Waals surface area contributed by atoms with Crippen molar-refractivity contribution in [3.05, 3.63) is 192 Å². The number of allylic oxidation sites excluding steroid dienone is 3. The lowest BCUT2D eigenvalue weighted by atomic mass is 9.97. The molecule has 6 aromatic carbocycles. The van der Waals surface area contributed by atoms with Gasteiger partial charge in [-0.25, -0.2) is 15.0 Å². The number of benzene rings is 6. The summed E-state index contributed by atoms with van der Waals surface area (Å²) in [7, 11) is 0. The summed E-state index contributed by atoms with van der Waals surface area (Å²) in [6, 6.07) is 51.6. The maximum atomic E-state index is 5.30. The lowest BCUT2D eigenvalue weighted by Crippen LogP contribution is -2.00.